The molecule has 0 saturated carbocycles. The summed E-state index contributed by atoms with van der Waals surface area (Å²) in [6, 6.07) is 10.5. The van der Waals surface area contributed by atoms with Crippen molar-refractivity contribution in [2.75, 3.05) is 5.75 Å². The molecule has 10 heteroatoms. The van der Waals surface area contributed by atoms with Crippen LogP contribution in [-0.4, -0.2) is 27.4 Å². The van der Waals surface area contributed by atoms with Gasteiger partial charge in [-0.1, -0.05) is 0 Å². The number of aromatic nitrogens is 1. The van der Waals surface area contributed by atoms with Gasteiger partial charge >= 0.3 is 0 Å². The van der Waals surface area contributed by atoms with E-state index in [0.29, 0.717) is 0 Å². The number of nitrogens with zero attached hydrogens (tertiary/aromatic N) is 4. The number of hydrogen-bond acceptors (Lipinski definition) is 7. The van der Waals surface area contributed by atoms with Crippen LogP contribution < -0.4 is 5.43 Å². The molecule has 0 fully saturated rings. The van der Waals surface area contributed by atoms with Crippen molar-refractivity contribution in [2.45, 2.75) is 44.4 Å². The molecule has 2 heterocycles. The highest BCUT2D eigenvalue weighted by molar-refractivity contribution is 8.00. The summed E-state index contributed by atoms with van der Waals surface area (Å²) in [4.78, 5) is 24.5. The van der Waals surface area contributed by atoms with Crippen molar-refractivity contribution in [3.05, 3.63) is 73.4 Å². The molecule has 1 aliphatic carbocycles. The summed E-state index contributed by atoms with van der Waals surface area (Å²) < 4.78 is 2.11. The van der Waals surface area contributed by atoms with E-state index in [0.717, 1.165) is 51.7 Å². The molecule has 0 radical (unpaired) electrons. The van der Waals surface area contributed by atoms with Gasteiger partial charge in [-0.2, -0.15) is 10.4 Å². The van der Waals surface area contributed by atoms with E-state index in [4.69, 9.17) is 0 Å². The van der Waals surface area contributed by atoms with Crippen LogP contribution in [0.3, 0.4) is 0 Å². The van der Waals surface area contributed by atoms with Gasteiger partial charge in [0.1, 0.15) is 11.1 Å². The number of nitrogens with one attached hydrogen (secondary N) is 1. The number of fused-ring (bicyclic) bond motifs is 1. The molecule has 3 aromatic rings. The molecule has 34 heavy (non-hydrogen) atoms. The minimum atomic E-state index is -0.458. The molecule has 2 aromatic heterocycles. The fraction of sp³-hybridized carbons (Fsp3) is 0.292. The number of amides is 1. The molecule has 1 aromatic carbocycles. The fourth-order valence-electron chi connectivity index (χ4n) is 4.07. The summed E-state index contributed by atoms with van der Waals surface area (Å²) in [5, 5.41) is 25.6. The predicted octanol–water partition coefficient (Wildman–Crippen LogP) is 5.06. The minimum absolute atomic E-state index is 0.0145. The van der Waals surface area contributed by atoms with E-state index >= 15 is 0 Å². The first-order valence-corrected chi connectivity index (χ1v) is 12.6. The van der Waals surface area contributed by atoms with Crippen LogP contribution in [-0.2, 0) is 17.6 Å². The van der Waals surface area contributed by atoms with Crippen LogP contribution >= 0.6 is 23.1 Å². The number of non-ortho nitro benzene ring substituents is 1. The van der Waals surface area contributed by atoms with Gasteiger partial charge in [-0.05, 0) is 63.3 Å². The van der Waals surface area contributed by atoms with E-state index in [2.05, 4.69) is 21.2 Å². The molecule has 1 N–H and O–H groups in total. The molecule has 0 spiro atoms. The molecule has 0 saturated heterocycles. The standard InChI is InChI=1S/C24H23N5O3S2/c1-15-11-17(13-26-27-23(30)14-33-19-9-7-18(8-10-19)29(31)32)16(2)28(15)24-21(12-25)20-5-3-4-6-22(20)34-24/h7-11,13H,3-6,14H2,1-2H3,(H,27,30)/b26-13+. The molecule has 0 atom stereocenters. The van der Waals surface area contributed by atoms with Gasteiger partial charge in [0.15, 0.2) is 0 Å². The number of aryl methyl sites for hydroxylation is 2. The number of nitriles is 1. The Morgan fingerprint density at radius 3 is 2.76 bits per heavy atom. The minimum Gasteiger partial charge on any atom is -0.308 e. The average Bonchev–Trinajstić information content (AvgIpc) is 3.33. The van der Waals surface area contributed by atoms with Gasteiger partial charge in [-0.15, -0.1) is 23.1 Å². The number of hydrazone groups is 1. The van der Waals surface area contributed by atoms with Crippen LogP contribution in [0.1, 0.15) is 45.8 Å². The lowest BCUT2D eigenvalue weighted by atomic mass is 9.96. The maximum atomic E-state index is 12.2. The first-order chi connectivity index (χ1) is 16.4. The van der Waals surface area contributed by atoms with E-state index in [-0.39, 0.29) is 17.3 Å². The van der Waals surface area contributed by atoms with Crippen LogP contribution in [0.4, 0.5) is 5.69 Å². The molecule has 8 nitrogen and oxygen atoms in total. The van der Waals surface area contributed by atoms with Crippen LogP contribution in [0.5, 0.6) is 0 Å². The van der Waals surface area contributed by atoms with E-state index in [1.807, 2.05) is 19.9 Å². The lowest BCUT2D eigenvalue weighted by molar-refractivity contribution is -0.384. The molecule has 174 valence electrons. The molecule has 0 unspecified atom stereocenters. The first-order valence-electron chi connectivity index (χ1n) is 10.8. The third kappa shape index (κ3) is 4.90. The molecular weight excluding hydrogens is 470 g/mol. The van der Waals surface area contributed by atoms with Gasteiger partial charge in [0.05, 0.1) is 22.5 Å². The molecule has 1 aliphatic rings. The van der Waals surface area contributed by atoms with Crippen molar-refractivity contribution in [3.63, 3.8) is 0 Å². The molecule has 1 amide bonds. The highest BCUT2D eigenvalue weighted by Gasteiger charge is 2.23. The zero-order valence-electron chi connectivity index (χ0n) is 18.8. The summed E-state index contributed by atoms with van der Waals surface area (Å²) in [7, 11) is 0. The lowest BCUT2D eigenvalue weighted by Gasteiger charge is -2.10. The Morgan fingerprint density at radius 1 is 1.32 bits per heavy atom. The summed E-state index contributed by atoms with van der Waals surface area (Å²) >= 11 is 2.98. The Hall–Kier alpha value is -3.42. The van der Waals surface area contributed by atoms with Crippen molar-refractivity contribution < 1.29 is 9.72 Å². The van der Waals surface area contributed by atoms with Crippen LogP contribution in [0, 0.1) is 35.3 Å². The average molecular weight is 494 g/mol. The smallest absolute Gasteiger partial charge is 0.269 e. The monoisotopic (exact) mass is 493 g/mol. The number of rotatable bonds is 7. The van der Waals surface area contributed by atoms with E-state index in [9.17, 15) is 20.2 Å². The van der Waals surface area contributed by atoms with Crippen molar-refractivity contribution in [1.29, 1.82) is 5.26 Å². The highest BCUT2D eigenvalue weighted by Crippen LogP contribution is 2.38. The molecular formula is C24H23N5O3S2. The van der Waals surface area contributed by atoms with Crippen LogP contribution in [0.25, 0.3) is 5.00 Å². The van der Waals surface area contributed by atoms with Crippen molar-refractivity contribution in [3.8, 4) is 11.1 Å². The van der Waals surface area contributed by atoms with Crippen molar-refractivity contribution >= 4 is 40.9 Å². The molecule has 0 bridgehead atoms. The number of carbonyl (C=O) groups excluding carboxylic acids is 1. The first kappa shape index (κ1) is 23.7. The Labute approximate surface area is 205 Å². The second kappa shape index (κ2) is 10.2. The fourth-order valence-corrected chi connectivity index (χ4v) is 6.22. The Morgan fingerprint density at radius 2 is 2.06 bits per heavy atom. The second-order valence-electron chi connectivity index (χ2n) is 8.00. The second-order valence-corrected chi connectivity index (χ2v) is 10.1. The zero-order chi connectivity index (χ0) is 24.2. The van der Waals surface area contributed by atoms with Gasteiger partial charge in [-0.3, -0.25) is 14.9 Å². The highest BCUT2D eigenvalue weighted by atomic mass is 32.2. The lowest BCUT2D eigenvalue weighted by Crippen LogP contribution is -2.19. The number of benzene rings is 1. The number of hydrogen-bond donors (Lipinski definition) is 1. The van der Waals surface area contributed by atoms with Gasteiger partial charge in [0, 0.05) is 38.9 Å². The normalized spacial score (nSPS) is 13.0. The largest absolute Gasteiger partial charge is 0.308 e. The number of carbonyl (C=O) groups is 1. The summed E-state index contributed by atoms with van der Waals surface area (Å²) in [6.45, 7) is 3.99. The number of nitro groups is 1. The van der Waals surface area contributed by atoms with Gasteiger partial charge in [0.2, 0.25) is 5.91 Å². The molecule has 4 rings (SSSR count). The Bertz CT molecular complexity index is 1320. The van der Waals surface area contributed by atoms with Gasteiger partial charge in [-0.25, -0.2) is 5.43 Å². The summed E-state index contributed by atoms with van der Waals surface area (Å²) in [6.07, 6.45) is 5.91. The van der Waals surface area contributed by atoms with Crippen molar-refractivity contribution in [2.24, 2.45) is 5.10 Å². The maximum Gasteiger partial charge on any atom is 0.269 e. The summed E-state index contributed by atoms with van der Waals surface area (Å²) in [5.74, 6) is -0.133. The van der Waals surface area contributed by atoms with Crippen LogP contribution in [0.2, 0.25) is 0 Å². The van der Waals surface area contributed by atoms with Crippen molar-refractivity contribution in [1.82, 2.24) is 9.99 Å². The van der Waals surface area contributed by atoms with Crippen LogP contribution in [0.15, 0.2) is 40.3 Å². The molecule has 0 aliphatic heterocycles. The number of nitro benzene ring substituents is 1. The predicted molar refractivity (Wildman–Crippen MR) is 134 cm³/mol. The Balaban J connectivity index is 1.42. The SMILES string of the molecule is Cc1cc(/C=N/NC(=O)CSc2ccc([N+](=O)[O-])cc2)c(C)n1-c1sc2c(c1C#N)CCCC2. The number of thioether (sulfide) groups is 1. The Kier molecular flexibility index (Phi) is 7.14. The quantitative estimate of drug-likeness (QED) is 0.214. The number of thiophene rings is 1. The van der Waals surface area contributed by atoms with E-state index in [1.54, 1.807) is 29.7 Å². The third-order valence-electron chi connectivity index (χ3n) is 5.75. The zero-order valence-corrected chi connectivity index (χ0v) is 20.5. The van der Waals surface area contributed by atoms with Gasteiger partial charge < -0.3 is 4.57 Å². The topological polar surface area (TPSA) is 113 Å². The summed E-state index contributed by atoms with van der Waals surface area (Å²) in [5.41, 5.74) is 7.37. The van der Waals surface area contributed by atoms with E-state index < -0.39 is 4.92 Å². The third-order valence-corrected chi connectivity index (χ3v) is 8.04. The maximum absolute atomic E-state index is 12.2. The van der Waals surface area contributed by atoms with E-state index in [1.165, 1.54) is 40.8 Å². The van der Waals surface area contributed by atoms with Gasteiger partial charge in [0.25, 0.3) is 5.69 Å².